The number of benzene rings is 3. The Bertz CT molecular complexity index is 1180. The lowest BCUT2D eigenvalue weighted by Gasteiger charge is -2.34. The third-order valence-electron chi connectivity index (χ3n) is 5.72. The summed E-state index contributed by atoms with van der Waals surface area (Å²) in [5, 5.41) is 17.3. The van der Waals surface area contributed by atoms with Gasteiger partial charge in [0.15, 0.2) is 5.78 Å². The van der Waals surface area contributed by atoms with Crippen molar-refractivity contribution in [3.8, 4) is 0 Å². The number of nitrogens with one attached hydrogen (secondary N) is 1. The molecule has 2 aliphatic rings. The molecule has 5 rings (SSSR count). The molecule has 28 heavy (non-hydrogen) atoms. The fourth-order valence-electron chi connectivity index (χ4n) is 4.53. The van der Waals surface area contributed by atoms with Gasteiger partial charge in [0.05, 0.1) is 16.5 Å². The van der Waals surface area contributed by atoms with Crippen LogP contribution in [0.2, 0.25) is 0 Å². The highest BCUT2D eigenvalue weighted by atomic mass is 16.6. The van der Waals surface area contributed by atoms with Crippen LogP contribution in [0.25, 0.3) is 16.3 Å². The summed E-state index contributed by atoms with van der Waals surface area (Å²) in [5.41, 5.74) is 4.28. The second kappa shape index (κ2) is 6.30. The van der Waals surface area contributed by atoms with E-state index in [1.165, 1.54) is 6.07 Å². The maximum atomic E-state index is 13.0. The monoisotopic (exact) mass is 370 g/mol. The van der Waals surface area contributed by atoms with Crippen molar-refractivity contribution in [2.45, 2.75) is 25.3 Å². The second-order valence-corrected chi connectivity index (χ2v) is 7.27. The van der Waals surface area contributed by atoms with E-state index in [0.29, 0.717) is 17.6 Å². The van der Waals surface area contributed by atoms with Crippen molar-refractivity contribution in [3.05, 3.63) is 87.5 Å². The molecule has 1 aliphatic carbocycles. The fourth-order valence-corrected chi connectivity index (χ4v) is 4.53. The third kappa shape index (κ3) is 2.43. The van der Waals surface area contributed by atoms with Crippen LogP contribution in [-0.2, 0) is 4.79 Å². The first kappa shape index (κ1) is 16.7. The van der Waals surface area contributed by atoms with E-state index in [1.807, 2.05) is 24.3 Å². The van der Waals surface area contributed by atoms with E-state index < -0.39 is 6.04 Å². The molecule has 1 N–H and O–H groups in total. The molecule has 1 heterocycles. The topological polar surface area (TPSA) is 72.2 Å². The number of Topliss-reactive ketones (excluding diaryl/α,β-unsaturated/α-hetero) is 1. The second-order valence-electron chi connectivity index (χ2n) is 7.27. The van der Waals surface area contributed by atoms with E-state index >= 15 is 0 Å². The van der Waals surface area contributed by atoms with E-state index in [4.69, 9.17) is 0 Å². The van der Waals surface area contributed by atoms with Crippen LogP contribution in [0.3, 0.4) is 0 Å². The Morgan fingerprint density at radius 1 is 0.964 bits per heavy atom. The van der Waals surface area contributed by atoms with Gasteiger partial charge < -0.3 is 5.32 Å². The Kier molecular flexibility index (Phi) is 3.76. The fraction of sp³-hybridized carbons (Fsp3) is 0.174. The molecule has 0 aromatic heterocycles. The number of hydrogen-bond donors (Lipinski definition) is 1. The number of carbonyl (C=O) groups is 1. The lowest BCUT2D eigenvalue weighted by molar-refractivity contribution is -0.385. The summed E-state index contributed by atoms with van der Waals surface area (Å²) in [4.78, 5) is 24.2. The first-order valence-corrected chi connectivity index (χ1v) is 9.43. The summed E-state index contributed by atoms with van der Waals surface area (Å²) >= 11 is 0. The minimum atomic E-state index is -0.502. The summed E-state index contributed by atoms with van der Waals surface area (Å²) in [6, 6.07) is 18.4. The van der Waals surface area contributed by atoms with Crippen LogP contribution in [0.15, 0.2) is 66.2 Å². The van der Waals surface area contributed by atoms with Gasteiger partial charge in [-0.05, 0) is 41.3 Å². The number of allylic oxidation sites excluding steroid dienone is 1. The van der Waals surface area contributed by atoms with Gasteiger partial charge in [0, 0.05) is 29.3 Å². The number of nitro benzene ring substituents is 1. The molecule has 1 aliphatic heterocycles. The Hall–Kier alpha value is -3.47. The van der Waals surface area contributed by atoms with Gasteiger partial charge in [0.25, 0.3) is 5.69 Å². The summed E-state index contributed by atoms with van der Waals surface area (Å²) in [6.07, 6.45) is 2.10. The highest BCUT2D eigenvalue weighted by Crippen LogP contribution is 2.49. The first-order valence-electron chi connectivity index (χ1n) is 9.43. The SMILES string of the molecule is O=C1CCCC2=C1C(c1ccccc1[N+](=O)[O-])Nc1ccc3ccccc3c12. The molecule has 0 bridgehead atoms. The zero-order chi connectivity index (χ0) is 19.3. The average Bonchev–Trinajstić information content (AvgIpc) is 2.73. The van der Waals surface area contributed by atoms with E-state index in [9.17, 15) is 14.9 Å². The van der Waals surface area contributed by atoms with Crippen LogP contribution >= 0.6 is 0 Å². The van der Waals surface area contributed by atoms with Crippen molar-refractivity contribution in [3.63, 3.8) is 0 Å². The molecular formula is C23H18N2O3. The van der Waals surface area contributed by atoms with Crippen LogP contribution in [0, 0.1) is 10.1 Å². The molecule has 1 atom stereocenters. The molecule has 5 nitrogen and oxygen atoms in total. The van der Waals surface area contributed by atoms with Crippen LogP contribution in [-0.4, -0.2) is 10.7 Å². The molecule has 3 aromatic carbocycles. The normalized spacial score (nSPS) is 18.4. The van der Waals surface area contributed by atoms with Crippen molar-refractivity contribution in [1.29, 1.82) is 0 Å². The number of para-hydroxylation sites is 1. The zero-order valence-electron chi connectivity index (χ0n) is 15.1. The summed E-state index contributed by atoms with van der Waals surface area (Å²) < 4.78 is 0. The number of nitrogens with zero attached hydrogens (tertiary/aromatic N) is 1. The number of carbonyl (C=O) groups excluding carboxylic acids is 1. The zero-order valence-corrected chi connectivity index (χ0v) is 15.1. The van der Waals surface area contributed by atoms with E-state index in [0.717, 1.165) is 40.4 Å². The number of ketones is 1. The summed E-state index contributed by atoms with van der Waals surface area (Å²) in [6.45, 7) is 0. The van der Waals surface area contributed by atoms with Gasteiger partial charge >= 0.3 is 0 Å². The van der Waals surface area contributed by atoms with Crippen LogP contribution in [0.1, 0.15) is 36.4 Å². The molecule has 3 aromatic rings. The van der Waals surface area contributed by atoms with E-state index in [-0.39, 0.29) is 16.4 Å². The minimum Gasteiger partial charge on any atom is -0.373 e. The summed E-state index contributed by atoms with van der Waals surface area (Å²) in [5.74, 6) is 0.0792. The highest BCUT2D eigenvalue weighted by molar-refractivity contribution is 6.12. The Labute approximate surface area is 161 Å². The predicted octanol–water partition coefficient (Wildman–Crippen LogP) is 5.42. The maximum absolute atomic E-state index is 13.0. The molecule has 1 unspecified atom stereocenters. The number of anilines is 1. The molecule has 0 saturated heterocycles. The Morgan fingerprint density at radius 3 is 2.61 bits per heavy atom. The van der Waals surface area contributed by atoms with Crippen molar-refractivity contribution in [2.24, 2.45) is 0 Å². The third-order valence-corrected chi connectivity index (χ3v) is 5.72. The quantitative estimate of drug-likeness (QED) is 0.483. The van der Waals surface area contributed by atoms with Crippen LogP contribution < -0.4 is 5.32 Å². The Morgan fingerprint density at radius 2 is 1.75 bits per heavy atom. The van der Waals surface area contributed by atoms with Crippen LogP contribution in [0.5, 0.6) is 0 Å². The van der Waals surface area contributed by atoms with Crippen molar-refractivity contribution in [2.75, 3.05) is 5.32 Å². The number of nitro groups is 1. The van der Waals surface area contributed by atoms with Gasteiger partial charge in [-0.3, -0.25) is 14.9 Å². The van der Waals surface area contributed by atoms with Crippen molar-refractivity contribution >= 4 is 33.5 Å². The van der Waals surface area contributed by atoms with Crippen molar-refractivity contribution in [1.82, 2.24) is 0 Å². The minimum absolute atomic E-state index is 0.0365. The first-order chi connectivity index (χ1) is 13.6. The predicted molar refractivity (Wildman–Crippen MR) is 109 cm³/mol. The molecular weight excluding hydrogens is 352 g/mol. The maximum Gasteiger partial charge on any atom is 0.275 e. The molecule has 0 radical (unpaired) electrons. The number of rotatable bonds is 2. The smallest absolute Gasteiger partial charge is 0.275 e. The summed E-state index contributed by atoms with van der Waals surface area (Å²) in [7, 11) is 0. The highest BCUT2D eigenvalue weighted by Gasteiger charge is 2.37. The van der Waals surface area contributed by atoms with Crippen LogP contribution in [0.4, 0.5) is 11.4 Å². The van der Waals surface area contributed by atoms with Crippen molar-refractivity contribution < 1.29 is 9.72 Å². The number of fused-ring (bicyclic) bond motifs is 4. The lowest BCUT2D eigenvalue weighted by atomic mass is 9.76. The Balaban J connectivity index is 1.80. The lowest BCUT2D eigenvalue weighted by Crippen LogP contribution is -2.27. The van der Waals surface area contributed by atoms with Gasteiger partial charge in [-0.15, -0.1) is 0 Å². The molecule has 0 amide bonds. The van der Waals surface area contributed by atoms with Gasteiger partial charge in [-0.25, -0.2) is 0 Å². The van der Waals surface area contributed by atoms with Gasteiger partial charge in [0.1, 0.15) is 0 Å². The molecule has 0 fully saturated rings. The largest absolute Gasteiger partial charge is 0.373 e. The molecule has 5 heteroatoms. The molecule has 0 saturated carbocycles. The van der Waals surface area contributed by atoms with Gasteiger partial charge in [-0.2, -0.15) is 0 Å². The number of hydrogen-bond acceptors (Lipinski definition) is 4. The van der Waals surface area contributed by atoms with E-state index in [1.54, 1.807) is 18.2 Å². The molecule has 138 valence electrons. The van der Waals surface area contributed by atoms with Gasteiger partial charge in [0.2, 0.25) is 0 Å². The average molecular weight is 370 g/mol. The van der Waals surface area contributed by atoms with Gasteiger partial charge in [-0.1, -0.05) is 42.5 Å². The standard InChI is InChI=1S/C23H18N2O3/c26-20-11-5-9-17-21-15-7-2-1-6-14(15)12-13-18(21)24-23(22(17)20)16-8-3-4-10-19(16)25(27)28/h1-4,6-8,10,12-13,23-24H,5,9,11H2. The molecule has 0 spiro atoms. The van der Waals surface area contributed by atoms with E-state index in [2.05, 4.69) is 17.4 Å².